The number of sulfonamides is 1. The number of hydrogen-bond donors (Lipinski definition) is 1. The van der Waals surface area contributed by atoms with E-state index in [1.54, 1.807) is 29.2 Å². The molecule has 0 spiro atoms. The third-order valence-corrected chi connectivity index (χ3v) is 7.88. The number of piperidine rings is 1. The number of morpholine rings is 1. The van der Waals surface area contributed by atoms with Gasteiger partial charge in [0.1, 0.15) is 0 Å². The van der Waals surface area contributed by atoms with Gasteiger partial charge in [0.05, 0.1) is 23.4 Å². The summed E-state index contributed by atoms with van der Waals surface area (Å²) < 4.78 is 38.2. The van der Waals surface area contributed by atoms with Gasteiger partial charge in [0, 0.05) is 37.8 Å². The van der Waals surface area contributed by atoms with Gasteiger partial charge in [-0.2, -0.15) is 4.31 Å². The molecule has 2 fully saturated rings. The Bertz CT molecular complexity index is 1070. The molecule has 2 aliphatic rings. The van der Waals surface area contributed by atoms with E-state index in [0.29, 0.717) is 50.5 Å². The Labute approximate surface area is 193 Å². The predicted molar refractivity (Wildman–Crippen MR) is 121 cm³/mol. The van der Waals surface area contributed by atoms with Crippen LogP contribution >= 0.6 is 0 Å². The number of anilines is 1. The van der Waals surface area contributed by atoms with E-state index in [1.807, 2.05) is 13.8 Å². The molecule has 1 N–H and O–H groups in total. The highest BCUT2D eigenvalue weighted by atomic mass is 32.2. The van der Waals surface area contributed by atoms with Gasteiger partial charge < -0.3 is 19.4 Å². The second kappa shape index (κ2) is 9.66. The number of furan rings is 1. The van der Waals surface area contributed by atoms with Crippen molar-refractivity contribution in [2.45, 2.75) is 43.8 Å². The van der Waals surface area contributed by atoms with Crippen LogP contribution in [0.5, 0.6) is 0 Å². The molecular formula is C23H29N3O6S. The van der Waals surface area contributed by atoms with E-state index >= 15 is 0 Å². The molecule has 10 heteroatoms. The number of nitrogens with one attached hydrogen (secondary N) is 1. The molecule has 0 aliphatic carbocycles. The highest BCUT2D eigenvalue weighted by molar-refractivity contribution is 7.89. The van der Waals surface area contributed by atoms with Gasteiger partial charge in [-0.25, -0.2) is 8.42 Å². The predicted octanol–water partition coefficient (Wildman–Crippen LogP) is 2.57. The van der Waals surface area contributed by atoms with Crippen molar-refractivity contribution < 1.29 is 27.2 Å². The summed E-state index contributed by atoms with van der Waals surface area (Å²) in [7, 11) is -3.63. The average molecular weight is 476 g/mol. The zero-order valence-corrected chi connectivity index (χ0v) is 19.6. The SMILES string of the molecule is CC1CN(S(=O)(=O)c2ccc(NC(=O)C3CCN(C(=O)c4ccco4)CC3)cc2)CC(C)O1. The first kappa shape index (κ1) is 23.5. The monoisotopic (exact) mass is 475 g/mol. The fourth-order valence-electron chi connectivity index (χ4n) is 4.33. The zero-order chi connectivity index (χ0) is 23.6. The Balaban J connectivity index is 1.33. The molecule has 2 saturated heterocycles. The summed E-state index contributed by atoms with van der Waals surface area (Å²) in [6, 6.07) is 9.54. The smallest absolute Gasteiger partial charge is 0.289 e. The van der Waals surface area contributed by atoms with Gasteiger partial charge in [-0.3, -0.25) is 9.59 Å². The Morgan fingerprint density at radius 1 is 1.00 bits per heavy atom. The molecule has 0 saturated carbocycles. The van der Waals surface area contributed by atoms with Crippen molar-refractivity contribution in [3.63, 3.8) is 0 Å². The Morgan fingerprint density at radius 2 is 1.64 bits per heavy atom. The summed E-state index contributed by atoms with van der Waals surface area (Å²) in [5.74, 6) is -0.217. The summed E-state index contributed by atoms with van der Waals surface area (Å²) in [6.07, 6.45) is 2.24. The van der Waals surface area contributed by atoms with E-state index in [0.717, 1.165) is 0 Å². The van der Waals surface area contributed by atoms with Crippen LogP contribution in [-0.4, -0.2) is 67.8 Å². The van der Waals surface area contributed by atoms with Crippen molar-refractivity contribution in [1.82, 2.24) is 9.21 Å². The summed E-state index contributed by atoms with van der Waals surface area (Å²) in [4.78, 5) is 26.9. The first-order valence-electron chi connectivity index (χ1n) is 11.1. The lowest BCUT2D eigenvalue weighted by molar-refractivity contribution is -0.121. The molecule has 1 aromatic carbocycles. The highest BCUT2D eigenvalue weighted by Crippen LogP contribution is 2.24. The number of rotatable bonds is 5. The van der Waals surface area contributed by atoms with E-state index in [2.05, 4.69) is 5.32 Å². The van der Waals surface area contributed by atoms with Gasteiger partial charge in [-0.1, -0.05) is 0 Å². The minimum atomic E-state index is -3.63. The van der Waals surface area contributed by atoms with Gasteiger partial charge in [0.2, 0.25) is 15.9 Å². The zero-order valence-electron chi connectivity index (χ0n) is 18.8. The minimum absolute atomic E-state index is 0.133. The number of hydrogen-bond acceptors (Lipinski definition) is 6. The minimum Gasteiger partial charge on any atom is -0.459 e. The number of carbonyl (C=O) groups is 2. The standard InChI is InChI=1S/C23H29N3O6S/c1-16-14-26(15-17(2)32-16)33(29,30)20-7-5-19(6-8-20)24-22(27)18-9-11-25(12-10-18)23(28)21-4-3-13-31-21/h3-8,13,16-18H,9-12,14-15H2,1-2H3,(H,24,27). The topological polar surface area (TPSA) is 109 Å². The van der Waals surface area contributed by atoms with Crippen molar-refractivity contribution in [2.75, 3.05) is 31.5 Å². The van der Waals surface area contributed by atoms with Crippen molar-refractivity contribution in [3.8, 4) is 0 Å². The van der Waals surface area contributed by atoms with Crippen molar-refractivity contribution in [1.29, 1.82) is 0 Å². The van der Waals surface area contributed by atoms with Crippen molar-refractivity contribution >= 4 is 27.5 Å². The van der Waals surface area contributed by atoms with Crippen LogP contribution in [0.25, 0.3) is 0 Å². The summed E-state index contributed by atoms with van der Waals surface area (Å²) >= 11 is 0. The molecule has 2 unspecified atom stereocenters. The second-order valence-electron chi connectivity index (χ2n) is 8.64. The molecule has 178 valence electrons. The maximum atomic E-state index is 13.0. The molecule has 9 nitrogen and oxygen atoms in total. The van der Waals surface area contributed by atoms with E-state index in [-0.39, 0.29) is 34.8 Å². The Kier molecular flexibility index (Phi) is 6.87. The lowest BCUT2D eigenvalue weighted by Crippen LogP contribution is -2.48. The molecule has 1 aromatic heterocycles. The molecule has 33 heavy (non-hydrogen) atoms. The molecule has 0 radical (unpaired) electrons. The van der Waals surface area contributed by atoms with Gasteiger partial charge in [0.15, 0.2) is 5.76 Å². The van der Waals surface area contributed by atoms with E-state index in [1.165, 1.54) is 22.7 Å². The fourth-order valence-corrected chi connectivity index (χ4v) is 5.92. The third-order valence-electron chi connectivity index (χ3n) is 6.03. The molecule has 2 aliphatic heterocycles. The molecule has 4 rings (SSSR count). The number of nitrogens with zero attached hydrogens (tertiary/aromatic N) is 2. The first-order chi connectivity index (χ1) is 15.7. The van der Waals surface area contributed by atoms with Gasteiger partial charge in [-0.15, -0.1) is 0 Å². The van der Waals surface area contributed by atoms with Crippen molar-refractivity contribution in [2.24, 2.45) is 5.92 Å². The third kappa shape index (κ3) is 5.29. The summed E-state index contributed by atoms with van der Waals surface area (Å²) in [6.45, 7) is 5.29. The van der Waals surface area contributed by atoms with E-state index in [9.17, 15) is 18.0 Å². The van der Waals surface area contributed by atoms with Crippen LogP contribution in [0.4, 0.5) is 5.69 Å². The normalized spacial score (nSPS) is 22.8. The largest absolute Gasteiger partial charge is 0.459 e. The first-order valence-corrected chi connectivity index (χ1v) is 12.6. The molecule has 3 heterocycles. The Hall–Kier alpha value is -2.69. The number of carbonyl (C=O) groups excluding carboxylic acids is 2. The van der Waals surface area contributed by atoms with Crippen LogP contribution < -0.4 is 5.32 Å². The second-order valence-corrected chi connectivity index (χ2v) is 10.6. The van der Waals surface area contributed by atoms with Crippen LogP contribution in [-0.2, 0) is 19.6 Å². The van der Waals surface area contributed by atoms with Crippen LogP contribution in [0, 0.1) is 5.92 Å². The van der Waals surface area contributed by atoms with E-state index in [4.69, 9.17) is 9.15 Å². The maximum absolute atomic E-state index is 13.0. The average Bonchev–Trinajstić information content (AvgIpc) is 3.33. The molecular weight excluding hydrogens is 446 g/mol. The maximum Gasteiger partial charge on any atom is 0.289 e. The summed E-state index contributed by atoms with van der Waals surface area (Å²) in [5.41, 5.74) is 0.539. The lowest BCUT2D eigenvalue weighted by atomic mass is 9.95. The fraction of sp³-hybridized carbons (Fsp3) is 0.478. The number of benzene rings is 1. The number of likely N-dealkylation sites (tertiary alicyclic amines) is 1. The summed E-state index contributed by atoms with van der Waals surface area (Å²) in [5, 5.41) is 2.87. The molecule has 2 aromatic rings. The van der Waals surface area contributed by atoms with Gasteiger partial charge >= 0.3 is 0 Å². The Morgan fingerprint density at radius 3 is 2.21 bits per heavy atom. The highest BCUT2D eigenvalue weighted by Gasteiger charge is 2.32. The number of amides is 2. The van der Waals surface area contributed by atoms with E-state index < -0.39 is 10.0 Å². The van der Waals surface area contributed by atoms with Gasteiger partial charge in [-0.05, 0) is 63.1 Å². The number of ether oxygens (including phenoxy) is 1. The van der Waals surface area contributed by atoms with Gasteiger partial charge in [0.25, 0.3) is 5.91 Å². The van der Waals surface area contributed by atoms with Crippen LogP contribution in [0.2, 0.25) is 0 Å². The van der Waals surface area contributed by atoms with Crippen LogP contribution in [0.1, 0.15) is 37.2 Å². The molecule has 2 atom stereocenters. The lowest BCUT2D eigenvalue weighted by Gasteiger charge is -2.34. The van der Waals surface area contributed by atoms with Crippen LogP contribution in [0.15, 0.2) is 52.0 Å². The van der Waals surface area contributed by atoms with Crippen molar-refractivity contribution in [3.05, 3.63) is 48.4 Å². The quantitative estimate of drug-likeness (QED) is 0.712. The molecule has 0 bridgehead atoms. The molecule has 2 amide bonds. The van der Waals surface area contributed by atoms with Crippen LogP contribution in [0.3, 0.4) is 0 Å².